The molecule has 1 atom stereocenters. The van der Waals surface area contributed by atoms with Crippen LogP contribution < -0.4 is 10.6 Å². The van der Waals surface area contributed by atoms with Crippen LogP contribution in [0.5, 0.6) is 0 Å². The standard InChI is InChI=1S/C13H18N4O2/c1-2-6-14-12(18)11-5-7-15-13(17-11)16-9-10-4-3-8-19-10/h2,5,7,10H,1,3-4,6,8-9H2,(H,14,18)(H,15,16,17). The number of carbonyl (C=O) groups is 1. The van der Waals surface area contributed by atoms with Crippen molar-refractivity contribution in [1.29, 1.82) is 0 Å². The van der Waals surface area contributed by atoms with E-state index in [1.807, 2.05) is 0 Å². The Morgan fingerprint density at radius 3 is 3.26 bits per heavy atom. The highest BCUT2D eigenvalue weighted by molar-refractivity contribution is 5.92. The summed E-state index contributed by atoms with van der Waals surface area (Å²) in [6.07, 6.45) is 5.54. The van der Waals surface area contributed by atoms with Gasteiger partial charge < -0.3 is 15.4 Å². The van der Waals surface area contributed by atoms with Crippen molar-refractivity contribution in [3.8, 4) is 0 Å². The second-order valence-electron chi connectivity index (χ2n) is 4.28. The zero-order valence-corrected chi connectivity index (χ0v) is 10.8. The van der Waals surface area contributed by atoms with Gasteiger partial charge in [0.2, 0.25) is 5.95 Å². The second kappa shape index (κ2) is 6.84. The SMILES string of the molecule is C=CCNC(=O)c1ccnc(NCC2CCCO2)n1. The predicted molar refractivity (Wildman–Crippen MR) is 72.0 cm³/mol. The van der Waals surface area contributed by atoms with Crippen molar-refractivity contribution in [2.75, 3.05) is 25.0 Å². The number of nitrogens with zero attached hydrogens (tertiary/aromatic N) is 2. The largest absolute Gasteiger partial charge is 0.376 e. The fourth-order valence-corrected chi connectivity index (χ4v) is 1.84. The molecule has 2 rings (SSSR count). The molecule has 0 radical (unpaired) electrons. The molecule has 102 valence electrons. The third kappa shape index (κ3) is 4.03. The quantitative estimate of drug-likeness (QED) is 0.747. The molecule has 0 bridgehead atoms. The summed E-state index contributed by atoms with van der Waals surface area (Å²) in [6.45, 7) is 5.44. The minimum absolute atomic E-state index is 0.210. The number of hydrogen-bond acceptors (Lipinski definition) is 5. The average Bonchev–Trinajstić information content (AvgIpc) is 2.96. The molecular formula is C13H18N4O2. The summed E-state index contributed by atoms with van der Waals surface area (Å²) in [5.74, 6) is 0.212. The number of nitrogens with one attached hydrogen (secondary N) is 2. The summed E-state index contributed by atoms with van der Waals surface area (Å²) in [7, 11) is 0. The molecule has 1 aliphatic rings. The molecule has 0 spiro atoms. The number of hydrogen-bond donors (Lipinski definition) is 2. The van der Waals surface area contributed by atoms with Crippen molar-refractivity contribution in [3.63, 3.8) is 0 Å². The molecule has 1 amide bonds. The summed E-state index contributed by atoms with van der Waals surface area (Å²) in [6, 6.07) is 1.58. The first kappa shape index (κ1) is 13.5. The van der Waals surface area contributed by atoms with Crippen molar-refractivity contribution in [2.24, 2.45) is 0 Å². The van der Waals surface area contributed by atoms with Crippen molar-refractivity contribution >= 4 is 11.9 Å². The maximum Gasteiger partial charge on any atom is 0.270 e. The Labute approximate surface area is 112 Å². The minimum atomic E-state index is -0.234. The highest BCUT2D eigenvalue weighted by Crippen LogP contribution is 2.12. The van der Waals surface area contributed by atoms with Crippen LogP contribution in [0.25, 0.3) is 0 Å². The first-order valence-corrected chi connectivity index (χ1v) is 6.37. The van der Waals surface area contributed by atoms with E-state index in [2.05, 4.69) is 27.2 Å². The van der Waals surface area contributed by atoms with E-state index in [0.29, 0.717) is 24.7 Å². The average molecular weight is 262 g/mol. The summed E-state index contributed by atoms with van der Waals surface area (Å²) in [5, 5.41) is 5.76. The van der Waals surface area contributed by atoms with Gasteiger partial charge in [0.15, 0.2) is 0 Å². The lowest BCUT2D eigenvalue weighted by Gasteiger charge is -2.10. The van der Waals surface area contributed by atoms with E-state index < -0.39 is 0 Å². The van der Waals surface area contributed by atoms with Crippen molar-refractivity contribution in [1.82, 2.24) is 15.3 Å². The molecule has 2 N–H and O–H groups in total. The Balaban J connectivity index is 1.90. The van der Waals surface area contributed by atoms with E-state index in [9.17, 15) is 4.79 Å². The molecule has 1 unspecified atom stereocenters. The van der Waals surface area contributed by atoms with E-state index in [-0.39, 0.29) is 12.0 Å². The van der Waals surface area contributed by atoms with Gasteiger partial charge in [0, 0.05) is 25.9 Å². The molecule has 1 saturated heterocycles. The molecule has 6 heteroatoms. The Hall–Kier alpha value is -1.95. The van der Waals surface area contributed by atoms with Crippen LogP contribution in [0.4, 0.5) is 5.95 Å². The van der Waals surface area contributed by atoms with Gasteiger partial charge in [-0.05, 0) is 18.9 Å². The molecule has 1 fully saturated rings. The fourth-order valence-electron chi connectivity index (χ4n) is 1.84. The third-order valence-electron chi connectivity index (χ3n) is 2.81. The maximum atomic E-state index is 11.7. The van der Waals surface area contributed by atoms with Crippen LogP contribution in [0.1, 0.15) is 23.3 Å². The fraction of sp³-hybridized carbons (Fsp3) is 0.462. The molecule has 0 aliphatic carbocycles. The zero-order chi connectivity index (χ0) is 13.5. The highest BCUT2D eigenvalue weighted by atomic mass is 16.5. The topological polar surface area (TPSA) is 76.1 Å². The van der Waals surface area contributed by atoms with Crippen molar-refractivity contribution in [3.05, 3.63) is 30.6 Å². The van der Waals surface area contributed by atoms with Crippen LogP contribution in [-0.2, 0) is 4.74 Å². The van der Waals surface area contributed by atoms with Crippen molar-refractivity contribution in [2.45, 2.75) is 18.9 Å². The van der Waals surface area contributed by atoms with Gasteiger partial charge in [-0.15, -0.1) is 6.58 Å². The molecule has 1 aromatic heterocycles. The van der Waals surface area contributed by atoms with E-state index in [4.69, 9.17) is 4.74 Å². The van der Waals surface area contributed by atoms with Gasteiger partial charge in [-0.2, -0.15) is 0 Å². The minimum Gasteiger partial charge on any atom is -0.376 e. The van der Waals surface area contributed by atoms with E-state index in [1.54, 1.807) is 18.3 Å². The van der Waals surface area contributed by atoms with Crippen LogP contribution in [0.2, 0.25) is 0 Å². The van der Waals surface area contributed by atoms with Gasteiger partial charge in [0.25, 0.3) is 5.91 Å². The lowest BCUT2D eigenvalue weighted by molar-refractivity contribution is 0.0953. The van der Waals surface area contributed by atoms with E-state index >= 15 is 0 Å². The Kier molecular flexibility index (Phi) is 4.85. The number of ether oxygens (including phenoxy) is 1. The van der Waals surface area contributed by atoms with Crippen LogP contribution in [0.3, 0.4) is 0 Å². The lowest BCUT2D eigenvalue weighted by Crippen LogP contribution is -2.25. The monoisotopic (exact) mass is 262 g/mol. The Morgan fingerprint density at radius 1 is 1.63 bits per heavy atom. The third-order valence-corrected chi connectivity index (χ3v) is 2.81. The van der Waals surface area contributed by atoms with Gasteiger partial charge in [-0.3, -0.25) is 4.79 Å². The van der Waals surface area contributed by atoms with Gasteiger partial charge in [0.05, 0.1) is 6.10 Å². The first-order valence-electron chi connectivity index (χ1n) is 6.37. The first-order chi connectivity index (χ1) is 9.29. The number of aromatic nitrogens is 2. The van der Waals surface area contributed by atoms with E-state index in [0.717, 1.165) is 19.4 Å². The van der Waals surface area contributed by atoms with Crippen LogP contribution in [-0.4, -0.2) is 41.7 Å². The van der Waals surface area contributed by atoms with Crippen LogP contribution in [0, 0.1) is 0 Å². The normalized spacial score (nSPS) is 18.0. The molecule has 2 heterocycles. The van der Waals surface area contributed by atoms with Crippen LogP contribution >= 0.6 is 0 Å². The molecule has 19 heavy (non-hydrogen) atoms. The second-order valence-corrected chi connectivity index (χ2v) is 4.28. The lowest BCUT2D eigenvalue weighted by atomic mass is 10.2. The zero-order valence-electron chi connectivity index (χ0n) is 10.8. The molecule has 6 nitrogen and oxygen atoms in total. The summed E-state index contributed by atoms with van der Waals surface area (Å²) >= 11 is 0. The molecule has 0 aromatic carbocycles. The summed E-state index contributed by atoms with van der Waals surface area (Å²) < 4.78 is 5.50. The van der Waals surface area contributed by atoms with Gasteiger partial charge >= 0.3 is 0 Å². The predicted octanol–water partition coefficient (Wildman–Crippen LogP) is 0.983. The number of rotatable bonds is 6. The molecule has 1 aromatic rings. The van der Waals surface area contributed by atoms with E-state index in [1.165, 1.54) is 0 Å². The Bertz CT molecular complexity index is 444. The summed E-state index contributed by atoms with van der Waals surface area (Å²) in [4.78, 5) is 20.0. The number of anilines is 1. The van der Waals surface area contributed by atoms with Gasteiger partial charge in [-0.1, -0.05) is 6.08 Å². The summed E-state index contributed by atoms with van der Waals surface area (Å²) in [5.41, 5.74) is 0.340. The molecule has 0 saturated carbocycles. The van der Waals surface area contributed by atoms with Gasteiger partial charge in [-0.25, -0.2) is 9.97 Å². The maximum absolute atomic E-state index is 11.7. The Morgan fingerprint density at radius 2 is 2.53 bits per heavy atom. The smallest absolute Gasteiger partial charge is 0.270 e. The number of amides is 1. The molecule has 1 aliphatic heterocycles. The van der Waals surface area contributed by atoms with Crippen molar-refractivity contribution < 1.29 is 9.53 Å². The molecular weight excluding hydrogens is 244 g/mol. The van der Waals surface area contributed by atoms with Crippen LogP contribution in [0.15, 0.2) is 24.9 Å². The van der Waals surface area contributed by atoms with Gasteiger partial charge in [0.1, 0.15) is 5.69 Å². The highest BCUT2D eigenvalue weighted by Gasteiger charge is 2.15. The number of carbonyl (C=O) groups excluding carboxylic acids is 1.